The summed E-state index contributed by atoms with van der Waals surface area (Å²) in [6, 6.07) is 0. The molecule has 0 aromatic rings. The van der Waals surface area contributed by atoms with Gasteiger partial charge in [0, 0.05) is 12.8 Å². The van der Waals surface area contributed by atoms with E-state index in [-0.39, 0.29) is 31.6 Å². The average molecular weight is 613 g/mol. The summed E-state index contributed by atoms with van der Waals surface area (Å²) < 4.78 is 10.5. The van der Waals surface area contributed by atoms with E-state index < -0.39 is 18.3 Å². The van der Waals surface area contributed by atoms with Gasteiger partial charge in [-0.1, -0.05) is 129 Å². The minimum atomic E-state index is -0.815. The Morgan fingerprint density at radius 2 is 1.23 bits per heavy atom. The van der Waals surface area contributed by atoms with Crippen LogP contribution in [0.2, 0.25) is 0 Å². The fourth-order valence-electron chi connectivity index (χ4n) is 5.02. The molecule has 3 N–H and O–H groups in total. The number of allylic oxidation sites excluding steroid dienone is 1. The molecule has 0 spiro atoms. The van der Waals surface area contributed by atoms with Gasteiger partial charge in [-0.3, -0.25) is 9.59 Å². The molecule has 43 heavy (non-hydrogen) atoms. The SMILES string of the molecule is CCCCC/C=C\C[C@@H](O)[C@H](O)CCCCCCCC(=O)OC[C@H](CO)OC(=O)CCCCCCCCCCC(C)CC. The molecule has 0 amide bonds. The third-order valence-corrected chi connectivity index (χ3v) is 8.30. The van der Waals surface area contributed by atoms with Crippen LogP contribution >= 0.6 is 0 Å². The summed E-state index contributed by atoms with van der Waals surface area (Å²) in [4.78, 5) is 24.2. The number of carbonyl (C=O) groups excluding carboxylic acids is 2. The number of hydrogen-bond acceptors (Lipinski definition) is 7. The number of aliphatic hydroxyl groups is 3. The lowest BCUT2D eigenvalue weighted by Crippen LogP contribution is -2.28. The van der Waals surface area contributed by atoms with Crippen LogP contribution in [0.15, 0.2) is 12.2 Å². The number of esters is 2. The first-order valence-corrected chi connectivity index (χ1v) is 17.8. The quantitative estimate of drug-likeness (QED) is 0.0409. The van der Waals surface area contributed by atoms with Gasteiger partial charge in [0.2, 0.25) is 0 Å². The van der Waals surface area contributed by atoms with Gasteiger partial charge in [-0.25, -0.2) is 0 Å². The van der Waals surface area contributed by atoms with Crippen molar-refractivity contribution in [3.63, 3.8) is 0 Å². The number of unbranched alkanes of at least 4 members (excludes halogenated alkanes) is 14. The first kappa shape index (κ1) is 41.6. The number of aliphatic hydroxyl groups excluding tert-OH is 3. The summed E-state index contributed by atoms with van der Waals surface area (Å²) in [6.07, 6.45) is 24.4. The fraction of sp³-hybridized carbons (Fsp3) is 0.889. The van der Waals surface area contributed by atoms with Gasteiger partial charge >= 0.3 is 11.9 Å². The molecule has 7 heteroatoms. The van der Waals surface area contributed by atoms with Crippen LogP contribution < -0.4 is 0 Å². The molecule has 0 saturated heterocycles. The Morgan fingerprint density at radius 1 is 0.674 bits per heavy atom. The third-order valence-electron chi connectivity index (χ3n) is 8.30. The second-order valence-corrected chi connectivity index (χ2v) is 12.5. The van der Waals surface area contributed by atoms with Crippen molar-refractivity contribution in [2.75, 3.05) is 13.2 Å². The lowest BCUT2D eigenvalue weighted by molar-refractivity contribution is -0.161. The zero-order valence-corrected chi connectivity index (χ0v) is 28.1. The van der Waals surface area contributed by atoms with Gasteiger partial charge in [0.15, 0.2) is 6.10 Å². The van der Waals surface area contributed by atoms with Crippen LogP contribution in [0.1, 0.15) is 168 Å². The highest BCUT2D eigenvalue weighted by Gasteiger charge is 2.16. The summed E-state index contributed by atoms with van der Waals surface area (Å²) in [6.45, 7) is 6.27. The Morgan fingerprint density at radius 3 is 1.81 bits per heavy atom. The zero-order chi connectivity index (χ0) is 32.0. The second kappa shape index (κ2) is 30.6. The largest absolute Gasteiger partial charge is 0.462 e. The number of rotatable bonds is 31. The Kier molecular flexibility index (Phi) is 29.6. The maximum Gasteiger partial charge on any atom is 0.306 e. The van der Waals surface area contributed by atoms with Crippen molar-refractivity contribution in [1.29, 1.82) is 0 Å². The molecular weight excluding hydrogens is 544 g/mol. The van der Waals surface area contributed by atoms with Crippen LogP contribution in [0, 0.1) is 5.92 Å². The predicted octanol–water partition coefficient (Wildman–Crippen LogP) is 8.36. The Hall–Kier alpha value is -1.44. The summed E-state index contributed by atoms with van der Waals surface area (Å²) in [5, 5.41) is 29.7. The van der Waals surface area contributed by atoms with E-state index in [1.807, 2.05) is 6.08 Å². The van der Waals surface area contributed by atoms with Gasteiger partial charge in [0.25, 0.3) is 0 Å². The number of ether oxygens (including phenoxy) is 2. The van der Waals surface area contributed by atoms with Crippen molar-refractivity contribution >= 4 is 11.9 Å². The molecule has 4 atom stereocenters. The van der Waals surface area contributed by atoms with Gasteiger partial charge in [-0.05, 0) is 44.4 Å². The topological polar surface area (TPSA) is 113 Å². The van der Waals surface area contributed by atoms with Gasteiger partial charge in [0.05, 0.1) is 18.8 Å². The van der Waals surface area contributed by atoms with Gasteiger partial charge in [-0.15, -0.1) is 0 Å². The molecule has 0 rings (SSSR count). The van der Waals surface area contributed by atoms with Crippen LogP contribution in [0.5, 0.6) is 0 Å². The molecule has 0 bridgehead atoms. The number of carbonyl (C=O) groups is 2. The lowest BCUT2D eigenvalue weighted by atomic mass is 9.99. The van der Waals surface area contributed by atoms with Crippen LogP contribution in [0.25, 0.3) is 0 Å². The maximum absolute atomic E-state index is 12.1. The molecule has 7 nitrogen and oxygen atoms in total. The van der Waals surface area contributed by atoms with E-state index in [0.717, 1.165) is 57.3 Å². The van der Waals surface area contributed by atoms with Crippen molar-refractivity contribution in [3.8, 4) is 0 Å². The Labute approximate surface area is 264 Å². The summed E-state index contributed by atoms with van der Waals surface area (Å²) in [7, 11) is 0. The molecule has 0 aliphatic rings. The van der Waals surface area contributed by atoms with E-state index in [4.69, 9.17) is 9.47 Å². The van der Waals surface area contributed by atoms with Crippen molar-refractivity contribution in [2.45, 2.75) is 187 Å². The first-order valence-electron chi connectivity index (χ1n) is 17.8. The van der Waals surface area contributed by atoms with Crippen molar-refractivity contribution in [1.82, 2.24) is 0 Å². The highest BCUT2D eigenvalue weighted by Crippen LogP contribution is 2.16. The smallest absolute Gasteiger partial charge is 0.306 e. The molecule has 0 aromatic heterocycles. The van der Waals surface area contributed by atoms with E-state index >= 15 is 0 Å². The average Bonchev–Trinajstić information content (AvgIpc) is 3.00. The van der Waals surface area contributed by atoms with Crippen LogP contribution in [-0.2, 0) is 19.1 Å². The molecule has 0 heterocycles. The maximum atomic E-state index is 12.1. The minimum absolute atomic E-state index is 0.119. The van der Waals surface area contributed by atoms with Crippen molar-refractivity contribution < 1.29 is 34.4 Å². The molecular formula is C36H68O7. The number of hydrogen-bond donors (Lipinski definition) is 3. The van der Waals surface area contributed by atoms with E-state index in [0.29, 0.717) is 25.7 Å². The van der Waals surface area contributed by atoms with Crippen LogP contribution in [-0.4, -0.2) is 58.8 Å². The van der Waals surface area contributed by atoms with Gasteiger partial charge in [-0.2, -0.15) is 0 Å². The van der Waals surface area contributed by atoms with Crippen molar-refractivity contribution in [2.24, 2.45) is 5.92 Å². The Bertz CT molecular complexity index is 666. The highest BCUT2D eigenvalue weighted by molar-refractivity contribution is 5.70. The first-order chi connectivity index (χ1) is 20.8. The lowest BCUT2D eigenvalue weighted by Gasteiger charge is -2.16. The monoisotopic (exact) mass is 612 g/mol. The zero-order valence-electron chi connectivity index (χ0n) is 28.1. The van der Waals surface area contributed by atoms with Gasteiger partial charge in [0.1, 0.15) is 6.61 Å². The highest BCUT2D eigenvalue weighted by atomic mass is 16.6. The molecule has 0 saturated carbocycles. The standard InChI is InChI=1S/C36H68O7/c1-4-6-7-8-15-20-25-33(38)34(39)26-21-16-13-18-22-27-35(40)42-30-32(29-37)43-36(41)28-23-17-12-10-9-11-14-19-24-31(3)5-2/h15,20,31-34,37-39H,4-14,16-19,21-30H2,1-3H3/b20-15-/t31?,32-,33+,34+/m0/s1. The van der Waals surface area contributed by atoms with E-state index in [2.05, 4.69) is 26.8 Å². The fourth-order valence-corrected chi connectivity index (χ4v) is 5.02. The molecule has 0 fully saturated rings. The van der Waals surface area contributed by atoms with Crippen molar-refractivity contribution in [3.05, 3.63) is 12.2 Å². The Balaban J connectivity index is 3.72. The summed E-state index contributed by atoms with van der Waals surface area (Å²) >= 11 is 0. The normalized spacial score (nSPS) is 14.5. The van der Waals surface area contributed by atoms with Crippen LogP contribution in [0.4, 0.5) is 0 Å². The van der Waals surface area contributed by atoms with E-state index in [1.54, 1.807) is 0 Å². The molecule has 1 unspecified atom stereocenters. The van der Waals surface area contributed by atoms with Gasteiger partial charge < -0.3 is 24.8 Å². The molecule has 0 radical (unpaired) electrons. The van der Waals surface area contributed by atoms with Crippen LogP contribution in [0.3, 0.4) is 0 Å². The van der Waals surface area contributed by atoms with E-state index in [9.17, 15) is 24.9 Å². The van der Waals surface area contributed by atoms with E-state index in [1.165, 1.54) is 64.2 Å². The minimum Gasteiger partial charge on any atom is -0.462 e. The molecule has 0 aliphatic carbocycles. The summed E-state index contributed by atoms with van der Waals surface area (Å²) in [5.41, 5.74) is 0. The molecule has 0 aliphatic heterocycles. The third kappa shape index (κ3) is 27.8. The molecule has 0 aromatic carbocycles. The predicted molar refractivity (Wildman–Crippen MR) is 176 cm³/mol. The second-order valence-electron chi connectivity index (χ2n) is 12.5. The molecule has 254 valence electrons. The summed E-state index contributed by atoms with van der Waals surface area (Å²) in [5.74, 6) is 0.142.